The molecular formula is C18H25NO4. The van der Waals surface area contributed by atoms with Crippen molar-refractivity contribution in [1.29, 1.82) is 0 Å². The van der Waals surface area contributed by atoms with Crippen LogP contribution in [0.25, 0.3) is 0 Å². The molecule has 126 valence electrons. The highest BCUT2D eigenvalue weighted by molar-refractivity contribution is 6.05. The molecule has 23 heavy (non-hydrogen) atoms. The second-order valence-electron chi connectivity index (χ2n) is 5.42. The standard InChI is InChI=1S/C18H25NO4/c1-4-7-14-8-6-9-15(12-14)10-11-16(21)17(19-13(3)20)18(22)23-5-2/h6,8-9,12,17H,4-5,7,10-11H2,1-3H3,(H,19,20). The van der Waals surface area contributed by atoms with Crippen LogP contribution in [0.1, 0.15) is 44.7 Å². The third kappa shape index (κ3) is 6.63. The van der Waals surface area contributed by atoms with Gasteiger partial charge in [0.15, 0.2) is 11.8 Å². The van der Waals surface area contributed by atoms with Crippen LogP contribution < -0.4 is 5.32 Å². The van der Waals surface area contributed by atoms with E-state index in [0.29, 0.717) is 6.42 Å². The van der Waals surface area contributed by atoms with Gasteiger partial charge < -0.3 is 10.1 Å². The van der Waals surface area contributed by atoms with Crippen LogP contribution in [0.5, 0.6) is 0 Å². The van der Waals surface area contributed by atoms with Gasteiger partial charge in [-0.1, -0.05) is 37.6 Å². The summed E-state index contributed by atoms with van der Waals surface area (Å²) in [5.74, 6) is -1.46. The molecule has 0 radical (unpaired) electrons. The number of Topliss-reactive ketones (excluding diaryl/α,β-unsaturated/α-hetero) is 1. The molecule has 1 amide bonds. The van der Waals surface area contributed by atoms with E-state index in [1.165, 1.54) is 12.5 Å². The molecule has 0 spiro atoms. The summed E-state index contributed by atoms with van der Waals surface area (Å²) in [6.07, 6.45) is 2.78. The fourth-order valence-corrected chi connectivity index (χ4v) is 2.34. The number of amides is 1. The molecule has 0 heterocycles. The fourth-order valence-electron chi connectivity index (χ4n) is 2.34. The molecular weight excluding hydrogens is 294 g/mol. The van der Waals surface area contributed by atoms with Crippen LogP contribution >= 0.6 is 0 Å². The topological polar surface area (TPSA) is 72.5 Å². The third-order valence-electron chi connectivity index (χ3n) is 3.38. The van der Waals surface area contributed by atoms with Crippen LogP contribution in [0.3, 0.4) is 0 Å². The minimum atomic E-state index is -1.22. The van der Waals surface area contributed by atoms with E-state index in [4.69, 9.17) is 4.74 Å². The highest BCUT2D eigenvalue weighted by Gasteiger charge is 2.28. The van der Waals surface area contributed by atoms with Crippen LogP contribution in [0.2, 0.25) is 0 Å². The van der Waals surface area contributed by atoms with E-state index in [-0.39, 0.29) is 18.8 Å². The van der Waals surface area contributed by atoms with E-state index < -0.39 is 17.9 Å². The number of carbonyl (C=O) groups excluding carboxylic acids is 3. The summed E-state index contributed by atoms with van der Waals surface area (Å²) >= 11 is 0. The number of benzene rings is 1. The van der Waals surface area contributed by atoms with E-state index in [0.717, 1.165) is 18.4 Å². The van der Waals surface area contributed by atoms with Gasteiger partial charge in [0.1, 0.15) is 0 Å². The van der Waals surface area contributed by atoms with E-state index in [1.54, 1.807) is 6.92 Å². The Morgan fingerprint density at radius 2 is 1.78 bits per heavy atom. The number of rotatable bonds is 9. The van der Waals surface area contributed by atoms with Gasteiger partial charge in [-0.2, -0.15) is 0 Å². The first kappa shape index (κ1) is 18.9. The van der Waals surface area contributed by atoms with Gasteiger partial charge in [-0.25, -0.2) is 4.79 Å². The van der Waals surface area contributed by atoms with E-state index >= 15 is 0 Å². The summed E-state index contributed by atoms with van der Waals surface area (Å²) in [4.78, 5) is 35.3. The van der Waals surface area contributed by atoms with Crippen molar-refractivity contribution in [2.24, 2.45) is 0 Å². The van der Waals surface area contributed by atoms with Crippen LogP contribution in [0.4, 0.5) is 0 Å². The average Bonchev–Trinajstić information content (AvgIpc) is 2.51. The van der Waals surface area contributed by atoms with Gasteiger partial charge in [-0.05, 0) is 30.9 Å². The first-order valence-corrected chi connectivity index (χ1v) is 8.02. The Hall–Kier alpha value is -2.17. The minimum Gasteiger partial charge on any atom is -0.464 e. The number of esters is 1. The summed E-state index contributed by atoms with van der Waals surface area (Å²) in [5, 5.41) is 2.37. The zero-order valence-electron chi connectivity index (χ0n) is 14.1. The SMILES string of the molecule is CCCc1cccc(CCC(=O)C(NC(C)=O)C(=O)OCC)c1. The lowest BCUT2D eigenvalue weighted by Crippen LogP contribution is -2.46. The molecule has 0 saturated carbocycles. The van der Waals surface area contributed by atoms with E-state index in [2.05, 4.69) is 24.4 Å². The second-order valence-corrected chi connectivity index (χ2v) is 5.42. The minimum absolute atomic E-state index is 0.168. The first-order chi connectivity index (χ1) is 11.0. The quantitative estimate of drug-likeness (QED) is 0.559. The van der Waals surface area contributed by atoms with E-state index in [1.807, 2.05) is 12.1 Å². The van der Waals surface area contributed by atoms with Crippen molar-refractivity contribution in [2.75, 3.05) is 6.61 Å². The summed E-state index contributed by atoms with van der Waals surface area (Å²) in [6, 6.07) is 6.86. The molecule has 0 bridgehead atoms. The highest BCUT2D eigenvalue weighted by Crippen LogP contribution is 2.10. The average molecular weight is 319 g/mol. The zero-order valence-corrected chi connectivity index (χ0v) is 14.1. The van der Waals surface area contributed by atoms with Crippen molar-refractivity contribution in [3.05, 3.63) is 35.4 Å². The molecule has 0 aliphatic rings. The molecule has 1 atom stereocenters. The molecule has 1 aromatic carbocycles. The lowest BCUT2D eigenvalue weighted by molar-refractivity contribution is -0.150. The monoisotopic (exact) mass is 319 g/mol. The van der Waals surface area contributed by atoms with E-state index in [9.17, 15) is 14.4 Å². The first-order valence-electron chi connectivity index (χ1n) is 8.02. The molecule has 0 fully saturated rings. The number of hydrogen-bond acceptors (Lipinski definition) is 4. The van der Waals surface area contributed by atoms with Gasteiger partial charge in [0.25, 0.3) is 0 Å². The summed E-state index contributed by atoms with van der Waals surface area (Å²) in [5.41, 5.74) is 2.29. The van der Waals surface area contributed by atoms with Crippen LogP contribution in [0, 0.1) is 0 Å². The number of carbonyl (C=O) groups is 3. The molecule has 1 unspecified atom stereocenters. The van der Waals surface area contributed by atoms with Gasteiger partial charge >= 0.3 is 5.97 Å². The van der Waals surface area contributed by atoms with Crippen molar-refractivity contribution in [1.82, 2.24) is 5.32 Å². The molecule has 0 aliphatic heterocycles. The molecule has 1 N–H and O–H groups in total. The van der Waals surface area contributed by atoms with Gasteiger partial charge in [0.2, 0.25) is 5.91 Å². The second kappa shape index (κ2) is 9.77. The van der Waals surface area contributed by atoms with Crippen LogP contribution in [0.15, 0.2) is 24.3 Å². The summed E-state index contributed by atoms with van der Waals surface area (Å²) in [6.45, 7) is 5.22. The van der Waals surface area contributed by atoms with Crippen molar-refractivity contribution in [3.63, 3.8) is 0 Å². The number of aryl methyl sites for hydroxylation is 2. The molecule has 0 aliphatic carbocycles. The number of nitrogens with one attached hydrogen (secondary N) is 1. The Morgan fingerprint density at radius 1 is 1.13 bits per heavy atom. The normalized spacial score (nSPS) is 11.6. The maximum absolute atomic E-state index is 12.3. The maximum Gasteiger partial charge on any atom is 0.336 e. The number of ether oxygens (including phenoxy) is 1. The van der Waals surface area contributed by atoms with Crippen LogP contribution in [-0.2, 0) is 32.0 Å². The molecule has 0 saturated heterocycles. The predicted molar refractivity (Wildman–Crippen MR) is 88.0 cm³/mol. The fraction of sp³-hybridized carbons (Fsp3) is 0.500. The molecule has 1 rings (SSSR count). The van der Waals surface area contributed by atoms with Gasteiger partial charge in [0.05, 0.1) is 6.61 Å². The molecule has 5 nitrogen and oxygen atoms in total. The van der Waals surface area contributed by atoms with Crippen LogP contribution in [-0.4, -0.2) is 30.3 Å². The Labute approximate surface area is 137 Å². The van der Waals surface area contributed by atoms with Gasteiger partial charge in [0, 0.05) is 13.3 Å². The Balaban J connectivity index is 2.69. The highest BCUT2D eigenvalue weighted by atomic mass is 16.5. The zero-order chi connectivity index (χ0) is 17.2. The Kier molecular flexibility index (Phi) is 8.02. The van der Waals surface area contributed by atoms with Crippen molar-refractivity contribution in [2.45, 2.75) is 52.5 Å². The Bertz CT molecular complexity index is 554. The smallest absolute Gasteiger partial charge is 0.336 e. The maximum atomic E-state index is 12.3. The molecule has 0 aromatic heterocycles. The summed E-state index contributed by atoms with van der Waals surface area (Å²) in [7, 11) is 0. The molecule has 5 heteroatoms. The van der Waals surface area contributed by atoms with Gasteiger partial charge in [-0.3, -0.25) is 9.59 Å². The number of ketones is 1. The Morgan fingerprint density at radius 3 is 2.35 bits per heavy atom. The van der Waals surface area contributed by atoms with Crippen molar-refractivity contribution >= 4 is 17.7 Å². The van der Waals surface area contributed by atoms with Gasteiger partial charge in [-0.15, -0.1) is 0 Å². The van der Waals surface area contributed by atoms with Crippen molar-refractivity contribution < 1.29 is 19.1 Å². The largest absolute Gasteiger partial charge is 0.464 e. The summed E-state index contributed by atoms with van der Waals surface area (Å²) < 4.78 is 4.85. The number of hydrogen-bond donors (Lipinski definition) is 1. The molecule has 1 aromatic rings. The lowest BCUT2D eigenvalue weighted by atomic mass is 10.0. The lowest BCUT2D eigenvalue weighted by Gasteiger charge is -2.15. The third-order valence-corrected chi connectivity index (χ3v) is 3.38. The van der Waals surface area contributed by atoms with Crippen molar-refractivity contribution in [3.8, 4) is 0 Å². The predicted octanol–water partition coefficient (Wildman–Crippen LogP) is 2.21.